The number of aliphatic hydroxyl groups is 1. The number of likely N-dealkylation sites (tertiary alicyclic amines) is 1. The number of rotatable bonds is 6. The van der Waals surface area contributed by atoms with Gasteiger partial charge in [-0.1, -0.05) is 67.6 Å². The maximum atomic E-state index is 10.5. The molecule has 1 atom stereocenters. The van der Waals surface area contributed by atoms with Crippen LogP contribution in [0.5, 0.6) is 0 Å². The molecule has 122 valence electrons. The Kier molecular flexibility index (Phi) is 5.72. The molecule has 3 heteroatoms. The molecule has 2 aliphatic rings. The van der Waals surface area contributed by atoms with E-state index in [-0.39, 0.29) is 0 Å². The molecule has 1 aliphatic carbocycles. The van der Waals surface area contributed by atoms with Crippen molar-refractivity contribution >= 4 is 13.3 Å². The lowest BCUT2D eigenvalue weighted by atomic mass is 10.1. The molecule has 1 heterocycles. The van der Waals surface area contributed by atoms with E-state index in [1.165, 1.54) is 75.8 Å². The second kappa shape index (κ2) is 7.76. The summed E-state index contributed by atoms with van der Waals surface area (Å²) in [5.74, 6) is 0. The zero-order chi connectivity index (χ0) is 15.3. The summed E-state index contributed by atoms with van der Waals surface area (Å²) in [5, 5.41) is 12.0. The van der Waals surface area contributed by atoms with E-state index in [0.717, 1.165) is 5.54 Å². The summed E-state index contributed by atoms with van der Waals surface area (Å²) in [7, 11) is -1.78. The summed E-state index contributed by atoms with van der Waals surface area (Å²) in [6.07, 6.45) is 10.0. The van der Waals surface area contributed by atoms with Crippen molar-refractivity contribution in [2.45, 2.75) is 56.5 Å². The zero-order valence-corrected chi connectivity index (χ0v) is 14.8. The summed E-state index contributed by atoms with van der Waals surface area (Å²) >= 11 is 0. The highest BCUT2D eigenvalue weighted by atomic mass is 28.3. The van der Waals surface area contributed by atoms with Crippen LogP contribution in [0.2, 0.25) is 11.6 Å². The molecule has 1 aromatic carbocycles. The van der Waals surface area contributed by atoms with Crippen LogP contribution in [0.3, 0.4) is 0 Å². The number of hydrogen-bond donors (Lipinski definition) is 1. The van der Waals surface area contributed by atoms with Gasteiger partial charge >= 0.3 is 0 Å². The minimum atomic E-state index is -1.78. The highest BCUT2D eigenvalue weighted by Gasteiger charge is 2.43. The van der Waals surface area contributed by atoms with Crippen LogP contribution in [0.25, 0.3) is 0 Å². The fourth-order valence-electron chi connectivity index (χ4n) is 4.67. The Labute approximate surface area is 136 Å². The van der Waals surface area contributed by atoms with E-state index in [1.807, 2.05) is 0 Å². The predicted molar refractivity (Wildman–Crippen MR) is 96.2 cm³/mol. The Bertz CT molecular complexity index is 440. The van der Waals surface area contributed by atoms with Gasteiger partial charge in [0.25, 0.3) is 0 Å². The Hall–Kier alpha value is -0.643. The van der Waals surface area contributed by atoms with Crippen LogP contribution in [-0.2, 0) is 0 Å². The lowest BCUT2D eigenvalue weighted by Gasteiger charge is -2.38. The van der Waals surface area contributed by atoms with Gasteiger partial charge in [0, 0.05) is 6.23 Å². The van der Waals surface area contributed by atoms with E-state index in [4.69, 9.17) is 0 Å². The van der Waals surface area contributed by atoms with Crippen LogP contribution in [0.4, 0.5) is 0 Å². The third-order valence-electron chi connectivity index (χ3n) is 6.09. The highest BCUT2D eigenvalue weighted by Crippen LogP contribution is 2.40. The van der Waals surface area contributed by atoms with Crippen molar-refractivity contribution in [3.8, 4) is 0 Å². The fraction of sp³-hybridized carbons (Fsp3) is 0.684. The minimum Gasteiger partial charge on any atom is -0.399 e. The molecule has 0 radical (unpaired) electrons. The third kappa shape index (κ3) is 3.47. The molecule has 0 aromatic heterocycles. The Morgan fingerprint density at radius 3 is 2.27 bits per heavy atom. The molecule has 3 rings (SSSR count). The van der Waals surface area contributed by atoms with Crippen molar-refractivity contribution in [2.24, 2.45) is 0 Å². The van der Waals surface area contributed by atoms with Gasteiger partial charge in [0.05, 0.1) is 0 Å². The second-order valence-corrected chi connectivity index (χ2v) is 11.8. The molecule has 0 unspecified atom stereocenters. The topological polar surface area (TPSA) is 23.5 Å². The Morgan fingerprint density at radius 1 is 0.955 bits per heavy atom. The van der Waals surface area contributed by atoms with Crippen LogP contribution >= 0.6 is 0 Å². The minimum absolute atomic E-state index is 0.440. The van der Waals surface area contributed by atoms with Crippen LogP contribution < -0.4 is 5.19 Å². The van der Waals surface area contributed by atoms with E-state index in [0.29, 0.717) is 6.23 Å². The van der Waals surface area contributed by atoms with Crippen LogP contribution in [0.1, 0.15) is 44.9 Å². The van der Waals surface area contributed by atoms with Gasteiger partial charge in [-0.05, 0) is 44.1 Å². The largest absolute Gasteiger partial charge is 0.399 e. The molecular weight excluding hydrogens is 286 g/mol. The summed E-state index contributed by atoms with van der Waals surface area (Å²) in [4.78, 5) is 2.65. The molecule has 1 saturated heterocycles. The van der Waals surface area contributed by atoms with Crippen LogP contribution in [0.15, 0.2) is 30.3 Å². The highest BCUT2D eigenvalue weighted by molar-refractivity contribution is 6.93. The summed E-state index contributed by atoms with van der Waals surface area (Å²) in [5.41, 5.74) is 0.796. The Balaban J connectivity index is 1.78. The van der Waals surface area contributed by atoms with E-state index in [2.05, 4.69) is 35.2 Å². The van der Waals surface area contributed by atoms with Crippen molar-refractivity contribution in [3.05, 3.63) is 30.3 Å². The number of hydrogen-bond acceptors (Lipinski definition) is 2. The van der Waals surface area contributed by atoms with Gasteiger partial charge in [0.15, 0.2) is 0 Å². The third-order valence-corrected chi connectivity index (χ3v) is 11.4. The standard InChI is InChI=1S/C19H31NOSi/c21-17-22(19-11-5-6-12-19,18-9-3-1-4-10-18)16-15-20-13-7-2-8-14-20/h1,3-4,9-10,19,21H,2,5-8,11-17H2/t22-/m0/s1. The smallest absolute Gasteiger partial charge is 0.119 e. The molecule has 0 bridgehead atoms. The number of nitrogens with zero attached hydrogens (tertiary/aromatic N) is 1. The first-order valence-corrected chi connectivity index (χ1v) is 11.7. The van der Waals surface area contributed by atoms with Gasteiger partial charge in [-0.25, -0.2) is 0 Å². The monoisotopic (exact) mass is 317 g/mol. The first-order valence-electron chi connectivity index (χ1n) is 9.24. The first-order chi connectivity index (χ1) is 10.8. The van der Waals surface area contributed by atoms with E-state index < -0.39 is 8.07 Å². The molecule has 1 N–H and O–H groups in total. The molecule has 22 heavy (non-hydrogen) atoms. The van der Waals surface area contributed by atoms with Gasteiger partial charge in [-0.15, -0.1) is 0 Å². The summed E-state index contributed by atoms with van der Waals surface area (Å²) < 4.78 is 0. The van der Waals surface area contributed by atoms with Crippen molar-refractivity contribution in [1.29, 1.82) is 0 Å². The molecule has 0 spiro atoms. The lowest BCUT2D eigenvalue weighted by Crippen LogP contribution is -2.56. The quantitative estimate of drug-likeness (QED) is 0.814. The van der Waals surface area contributed by atoms with Crippen molar-refractivity contribution in [1.82, 2.24) is 4.90 Å². The molecule has 1 aliphatic heterocycles. The first kappa shape index (κ1) is 16.2. The molecule has 2 fully saturated rings. The molecular formula is C19H31NOSi. The van der Waals surface area contributed by atoms with E-state index in [9.17, 15) is 5.11 Å². The number of piperidine rings is 1. The normalized spacial score (nSPS) is 23.5. The maximum Gasteiger partial charge on any atom is 0.119 e. The van der Waals surface area contributed by atoms with Crippen molar-refractivity contribution < 1.29 is 5.11 Å². The number of benzene rings is 1. The van der Waals surface area contributed by atoms with E-state index >= 15 is 0 Å². The predicted octanol–water partition coefficient (Wildman–Crippen LogP) is 3.30. The van der Waals surface area contributed by atoms with Gasteiger partial charge in [-0.3, -0.25) is 0 Å². The lowest BCUT2D eigenvalue weighted by molar-refractivity contribution is 0.238. The SMILES string of the molecule is OC[Si@@](CCN1CCCCC1)(c1ccccc1)C1CCCC1. The molecule has 1 aromatic rings. The van der Waals surface area contributed by atoms with Crippen LogP contribution in [0, 0.1) is 0 Å². The maximum absolute atomic E-state index is 10.5. The zero-order valence-electron chi connectivity index (χ0n) is 13.8. The molecule has 0 amide bonds. The summed E-state index contributed by atoms with van der Waals surface area (Å²) in [6.45, 7) is 3.75. The van der Waals surface area contributed by atoms with E-state index in [1.54, 1.807) is 0 Å². The van der Waals surface area contributed by atoms with Gasteiger partial charge in [0.1, 0.15) is 8.07 Å². The van der Waals surface area contributed by atoms with Gasteiger partial charge in [0.2, 0.25) is 0 Å². The van der Waals surface area contributed by atoms with Gasteiger partial charge in [-0.2, -0.15) is 0 Å². The molecule has 2 nitrogen and oxygen atoms in total. The molecule has 1 saturated carbocycles. The average molecular weight is 318 g/mol. The van der Waals surface area contributed by atoms with Gasteiger partial charge < -0.3 is 10.0 Å². The van der Waals surface area contributed by atoms with Crippen molar-refractivity contribution in [2.75, 3.05) is 25.9 Å². The van der Waals surface area contributed by atoms with Crippen LogP contribution in [-0.4, -0.2) is 43.9 Å². The number of aliphatic hydroxyl groups excluding tert-OH is 1. The van der Waals surface area contributed by atoms with Crippen molar-refractivity contribution in [3.63, 3.8) is 0 Å². The second-order valence-electron chi connectivity index (χ2n) is 7.31. The Morgan fingerprint density at radius 2 is 1.64 bits per heavy atom. The average Bonchev–Trinajstić information content (AvgIpc) is 3.13. The summed E-state index contributed by atoms with van der Waals surface area (Å²) in [6, 6.07) is 12.3. The fourth-order valence-corrected chi connectivity index (χ4v) is 9.52.